The molecular weight excluding hydrogens is 488 g/mol. The number of hydrogen-bond donors (Lipinski definition) is 0. The van der Waals surface area contributed by atoms with Crippen molar-refractivity contribution in [3.05, 3.63) is 0 Å². The third-order valence-corrected chi connectivity index (χ3v) is 6.97. The van der Waals surface area contributed by atoms with E-state index in [2.05, 4.69) is 13.8 Å². The zero-order chi connectivity index (χ0) is 27.0. The summed E-state index contributed by atoms with van der Waals surface area (Å²) in [6.07, 6.45) is 33.9. The molecule has 0 atom stereocenters. The predicted octanol–water partition coefficient (Wildman–Crippen LogP) is 8.05. The maximum absolute atomic E-state index is 10.2. The van der Waals surface area contributed by atoms with Crippen molar-refractivity contribution in [2.75, 3.05) is 0 Å². The molecule has 4 nitrogen and oxygen atoms in total. The molecule has 0 aromatic heterocycles. The molecule has 0 unspecified atom stereocenters. The van der Waals surface area contributed by atoms with E-state index in [-0.39, 0.29) is 50.6 Å². The molecule has 0 saturated heterocycles. The van der Waals surface area contributed by atoms with Crippen molar-refractivity contribution in [3.63, 3.8) is 0 Å². The molecule has 0 radical (unpaired) electrons. The average Bonchev–Trinajstić information content (AvgIpc) is 2.85. The summed E-state index contributed by atoms with van der Waals surface area (Å²) >= 11 is 0. The molecule has 0 bridgehead atoms. The third kappa shape index (κ3) is 46.4. The number of carbonyl (C=O) groups is 2. The summed E-state index contributed by atoms with van der Waals surface area (Å²) in [6, 6.07) is 0. The first-order valence-corrected chi connectivity index (χ1v) is 15.9. The van der Waals surface area contributed by atoms with Crippen LogP contribution in [0.25, 0.3) is 0 Å². The van der Waals surface area contributed by atoms with Gasteiger partial charge in [0.2, 0.25) is 0 Å². The Balaban J connectivity index is -0.000000608. The SMILES string of the molecule is CCCCCCCCCCCCCCCC(=O)[O-].CCCCCCCCCCCCCCCC(=O)[O-].[Ca+2]. The summed E-state index contributed by atoms with van der Waals surface area (Å²) in [5.41, 5.74) is 0. The average molecular weight is 551 g/mol. The van der Waals surface area contributed by atoms with E-state index in [9.17, 15) is 19.8 Å². The fraction of sp³-hybridized carbons (Fsp3) is 0.938. The normalized spacial score (nSPS) is 10.4. The van der Waals surface area contributed by atoms with E-state index in [4.69, 9.17) is 0 Å². The molecule has 0 amide bonds. The predicted molar refractivity (Wildman–Crippen MR) is 156 cm³/mol. The second-order valence-electron chi connectivity index (χ2n) is 10.7. The van der Waals surface area contributed by atoms with Gasteiger partial charge in [0, 0.05) is 11.9 Å². The Hall–Kier alpha value is 0.200. The number of carboxylic acids is 2. The summed E-state index contributed by atoms with van der Waals surface area (Å²) in [6.45, 7) is 4.51. The molecule has 0 N–H and O–H groups in total. The molecule has 0 saturated carbocycles. The van der Waals surface area contributed by atoms with Crippen LogP contribution in [0.3, 0.4) is 0 Å². The summed E-state index contributed by atoms with van der Waals surface area (Å²) in [5, 5.41) is 20.4. The van der Waals surface area contributed by atoms with E-state index < -0.39 is 11.9 Å². The van der Waals surface area contributed by atoms with Gasteiger partial charge in [-0.05, 0) is 25.7 Å². The van der Waals surface area contributed by atoms with Crippen molar-refractivity contribution < 1.29 is 19.8 Å². The van der Waals surface area contributed by atoms with Crippen LogP contribution >= 0.6 is 0 Å². The first kappa shape index (κ1) is 41.7. The van der Waals surface area contributed by atoms with E-state index in [0.29, 0.717) is 0 Å². The van der Waals surface area contributed by atoms with Crippen molar-refractivity contribution in [1.82, 2.24) is 0 Å². The Labute approximate surface area is 261 Å². The van der Waals surface area contributed by atoms with Crippen LogP contribution in [-0.4, -0.2) is 49.7 Å². The van der Waals surface area contributed by atoms with Crippen molar-refractivity contribution in [2.45, 2.75) is 194 Å². The molecule has 0 aliphatic carbocycles. The fourth-order valence-corrected chi connectivity index (χ4v) is 4.57. The van der Waals surface area contributed by atoms with Gasteiger partial charge in [-0.25, -0.2) is 0 Å². The Morgan fingerprint density at radius 2 is 0.514 bits per heavy atom. The smallest absolute Gasteiger partial charge is 0.550 e. The van der Waals surface area contributed by atoms with Gasteiger partial charge in [-0.3, -0.25) is 0 Å². The molecule has 0 aliphatic heterocycles. The molecule has 37 heavy (non-hydrogen) atoms. The van der Waals surface area contributed by atoms with Crippen LogP contribution < -0.4 is 10.2 Å². The summed E-state index contributed by atoms with van der Waals surface area (Å²) in [5.74, 6) is -1.81. The van der Waals surface area contributed by atoms with Crippen LogP contribution in [0.2, 0.25) is 0 Å². The zero-order valence-corrected chi connectivity index (χ0v) is 27.3. The Bertz CT molecular complexity index is 403. The van der Waals surface area contributed by atoms with Gasteiger partial charge in [0.1, 0.15) is 0 Å². The number of aliphatic carboxylic acids is 2. The fourth-order valence-electron chi connectivity index (χ4n) is 4.57. The molecule has 0 fully saturated rings. The maximum Gasteiger partial charge on any atom is 2.00 e. The van der Waals surface area contributed by atoms with Gasteiger partial charge < -0.3 is 19.8 Å². The van der Waals surface area contributed by atoms with Gasteiger partial charge in [-0.2, -0.15) is 0 Å². The van der Waals surface area contributed by atoms with Crippen LogP contribution in [0, 0.1) is 0 Å². The molecule has 0 aromatic rings. The van der Waals surface area contributed by atoms with Gasteiger partial charge in [0.15, 0.2) is 0 Å². The monoisotopic (exact) mass is 550 g/mol. The Morgan fingerprint density at radius 3 is 0.676 bits per heavy atom. The van der Waals surface area contributed by atoms with E-state index in [0.717, 1.165) is 25.7 Å². The largest absolute Gasteiger partial charge is 2.00 e. The van der Waals surface area contributed by atoms with Crippen LogP contribution in [0.15, 0.2) is 0 Å². The van der Waals surface area contributed by atoms with Crippen molar-refractivity contribution in [1.29, 1.82) is 0 Å². The molecule has 0 heterocycles. The minimum atomic E-state index is -0.905. The maximum atomic E-state index is 10.2. The number of carboxylic acid groups (broad SMARTS) is 2. The van der Waals surface area contributed by atoms with Crippen molar-refractivity contribution in [3.8, 4) is 0 Å². The standard InChI is InChI=1S/2C16H32O2.Ca/c2*1-2-3-4-5-6-7-8-9-10-11-12-13-14-15-16(17)18;/h2*2-15H2,1H3,(H,17,18);/q;;+2/p-2. The third-order valence-electron chi connectivity index (χ3n) is 6.97. The van der Waals surface area contributed by atoms with Gasteiger partial charge in [-0.1, -0.05) is 168 Å². The quantitative estimate of drug-likeness (QED) is 0.0729. The Kier molecular flexibility index (Phi) is 43.2. The summed E-state index contributed by atoms with van der Waals surface area (Å²) in [4.78, 5) is 20.4. The molecule has 0 spiro atoms. The van der Waals surface area contributed by atoms with Gasteiger partial charge in [0.25, 0.3) is 0 Å². The summed E-state index contributed by atoms with van der Waals surface area (Å²) < 4.78 is 0. The van der Waals surface area contributed by atoms with Crippen molar-refractivity contribution in [2.24, 2.45) is 0 Å². The molecular formula is C32H62CaO4. The topological polar surface area (TPSA) is 80.3 Å². The number of carbonyl (C=O) groups excluding carboxylic acids is 2. The van der Waals surface area contributed by atoms with Crippen LogP contribution in [0.4, 0.5) is 0 Å². The van der Waals surface area contributed by atoms with Crippen LogP contribution in [0.5, 0.6) is 0 Å². The van der Waals surface area contributed by atoms with Crippen LogP contribution in [0.1, 0.15) is 194 Å². The Morgan fingerprint density at radius 1 is 0.351 bits per heavy atom. The molecule has 5 heteroatoms. The van der Waals surface area contributed by atoms with Gasteiger partial charge >= 0.3 is 37.7 Å². The molecule has 216 valence electrons. The number of rotatable bonds is 28. The minimum absolute atomic E-state index is 0. The van der Waals surface area contributed by atoms with Gasteiger partial charge in [-0.15, -0.1) is 0 Å². The van der Waals surface area contributed by atoms with Gasteiger partial charge in [0.05, 0.1) is 0 Å². The molecule has 0 aromatic carbocycles. The van der Waals surface area contributed by atoms with E-state index in [1.54, 1.807) is 0 Å². The van der Waals surface area contributed by atoms with E-state index in [1.807, 2.05) is 0 Å². The van der Waals surface area contributed by atoms with Crippen LogP contribution in [-0.2, 0) is 9.59 Å². The van der Waals surface area contributed by atoms with Crippen molar-refractivity contribution >= 4 is 49.7 Å². The van der Waals surface area contributed by atoms with E-state index in [1.165, 1.54) is 141 Å². The summed E-state index contributed by atoms with van der Waals surface area (Å²) in [7, 11) is 0. The molecule has 0 rings (SSSR count). The number of unbranched alkanes of at least 4 members (excludes halogenated alkanes) is 24. The molecule has 0 aliphatic rings. The van der Waals surface area contributed by atoms with E-state index >= 15 is 0 Å². The minimum Gasteiger partial charge on any atom is -0.550 e. The first-order valence-electron chi connectivity index (χ1n) is 15.9. The zero-order valence-electron chi connectivity index (χ0n) is 25.1. The number of hydrogen-bond acceptors (Lipinski definition) is 4. The second kappa shape index (κ2) is 38.3. The first-order chi connectivity index (χ1) is 17.5. The second-order valence-corrected chi connectivity index (χ2v) is 10.7.